The van der Waals surface area contributed by atoms with E-state index >= 15 is 0 Å². The van der Waals surface area contributed by atoms with Gasteiger partial charge in [0, 0.05) is 29.6 Å². The molecule has 2 heterocycles. The van der Waals surface area contributed by atoms with Crippen LogP contribution in [0.3, 0.4) is 0 Å². The Kier molecular flexibility index (Phi) is 5.49. The number of dihydropyridines is 1. The Labute approximate surface area is 160 Å². The smallest absolute Gasteiger partial charge is 0.336 e. The molecule has 5 heteroatoms. The van der Waals surface area contributed by atoms with Crippen LogP contribution in [0, 0.1) is 5.41 Å². The highest BCUT2D eigenvalue weighted by atomic mass is 16.5. The molecule has 1 aromatic heterocycles. The number of hydrogen-bond acceptors (Lipinski definition) is 5. The second-order valence-electron chi connectivity index (χ2n) is 8.17. The summed E-state index contributed by atoms with van der Waals surface area (Å²) in [4.78, 5) is 30.4. The summed E-state index contributed by atoms with van der Waals surface area (Å²) in [5, 5.41) is 3.34. The summed E-state index contributed by atoms with van der Waals surface area (Å²) in [5.41, 5.74) is 3.43. The molecule has 0 aromatic carbocycles. The minimum absolute atomic E-state index is 0.0794. The van der Waals surface area contributed by atoms with Gasteiger partial charge in [0.15, 0.2) is 5.78 Å². The average molecular weight is 368 g/mol. The molecule has 1 aliphatic heterocycles. The van der Waals surface area contributed by atoms with E-state index < -0.39 is 5.92 Å². The van der Waals surface area contributed by atoms with E-state index in [1.165, 1.54) is 0 Å². The SMILES string of the molecule is CCCCOC(=O)C1=C(C)NC2=C(C(=O)CC(C)(C)C2)[C@@H]1c1ccccn1. The quantitative estimate of drug-likeness (QED) is 0.628. The predicted octanol–water partition coefficient (Wildman–Crippen LogP) is 4.03. The zero-order valence-corrected chi connectivity index (χ0v) is 16.6. The van der Waals surface area contributed by atoms with Crippen LogP contribution in [0.2, 0.25) is 0 Å². The van der Waals surface area contributed by atoms with E-state index in [9.17, 15) is 9.59 Å². The molecule has 1 atom stereocenters. The summed E-state index contributed by atoms with van der Waals surface area (Å²) in [6.07, 6.45) is 4.71. The molecule has 0 unspecified atom stereocenters. The van der Waals surface area contributed by atoms with Crippen LogP contribution in [0.15, 0.2) is 46.9 Å². The lowest BCUT2D eigenvalue weighted by molar-refractivity contribution is -0.139. The Morgan fingerprint density at radius 1 is 1.33 bits per heavy atom. The predicted molar refractivity (Wildman–Crippen MR) is 104 cm³/mol. The first-order chi connectivity index (χ1) is 12.8. The maximum Gasteiger partial charge on any atom is 0.336 e. The molecule has 0 saturated heterocycles. The van der Waals surface area contributed by atoms with Crippen LogP contribution < -0.4 is 5.32 Å². The monoisotopic (exact) mass is 368 g/mol. The fraction of sp³-hybridized carbons (Fsp3) is 0.500. The number of rotatable bonds is 5. The van der Waals surface area contributed by atoms with Crippen molar-refractivity contribution in [2.45, 2.75) is 59.3 Å². The van der Waals surface area contributed by atoms with Gasteiger partial charge in [-0.15, -0.1) is 0 Å². The maximum atomic E-state index is 13.1. The van der Waals surface area contributed by atoms with E-state index in [2.05, 4.69) is 31.1 Å². The van der Waals surface area contributed by atoms with Crippen LogP contribution >= 0.6 is 0 Å². The van der Waals surface area contributed by atoms with Crippen LogP contribution in [0.4, 0.5) is 0 Å². The van der Waals surface area contributed by atoms with E-state index in [1.54, 1.807) is 6.20 Å². The number of carbonyl (C=O) groups excluding carboxylic acids is 2. The van der Waals surface area contributed by atoms with Gasteiger partial charge < -0.3 is 10.1 Å². The zero-order chi connectivity index (χ0) is 19.6. The molecule has 0 radical (unpaired) electrons. The summed E-state index contributed by atoms with van der Waals surface area (Å²) in [5.74, 6) is -0.760. The number of nitrogens with zero attached hydrogens (tertiary/aromatic N) is 1. The number of ether oxygens (including phenoxy) is 1. The Balaban J connectivity index is 2.06. The van der Waals surface area contributed by atoms with Gasteiger partial charge in [-0.1, -0.05) is 33.3 Å². The van der Waals surface area contributed by atoms with Gasteiger partial charge in [-0.2, -0.15) is 0 Å². The molecule has 1 aromatic rings. The summed E-state index contributed by atoms with van der Waals surface area (Å²) in [6, 6.07) is 5.60. The number of Topliss-reactive ketones (excluding diaryl/α,β-unsaturated/α-hetero) is 1. The first kappa shape index (κ1) is 19.3. The molecular formula is C22H28N2O3. The van der Waals surface area contributed by atoms with Gasteiger partial charge in [-0.25, -0.2) is 4.79 Å². The standard InChI is InChI=1S/C22H28N2O3/c1-5-6-11-27-21(26)18-14(2)24-16-12-22(3,4)13-17(25)19(16)20(18)15-9-7-8-10-23-15/h7-10,20,24H,5-6,11-13H2,1-4H3/t20-/m1/s1. The topological polar surface area (TPSA) is 68.3 Å². The highest BCUT2D eigenvalue weighted by Crippen LogP contribution is 2.46. The van der Waals surface area contributed by atoms with E-state index in [0.717, 1.165) is 30.7 Å². The van der Waals surface area contributed by atoms with Crippen molar-refractivity contribution in [3.63, 3.8) is 0 Å². The van der Waals surface area contributed by atoms with Crippen molar-refractivity contribution < 1.29 is 14.3 Å². The number of pyridine rings is 1. The molecule has 144 valence electrons. The van der Waals surface area contributed by atoms with Crippen LogP contribution in [0.1, 0.15) is 65.0 Å². The number of ketones is 1. The van der Waals surface area contributed by atoms with Gasteiger partial charge in [-0.05, 0) is 37.3 Å². The van der Waals surface area contributed by atoms with Crippen LogP contribution in [-0.2, 0) is 14.3 Å². The summed E-state index contributed by atoms with van der Waals surface area (Å²) >= 11 is 0. The van der Waals surface area contributed by atoms with Gasteiger partial charge in [0.2, 0.25) is 0 Å². The molecule has 27 heavy (non-hydrogen) atoms. The number of hydrogen-bond donors (Lipinski definition) is 1. The van der Waals surface area contributed by atoms with Crippen molar-refractivity contribution in [3.05, 3.63) is 52.6 Å². The minimum atomic E-state index is -0.472. The third-order valence-corrected chi connectivity index (χ3v) is 5.17. The molecule has 3 rings (SSSR count). The van der Waals surface area contributed by atoms with Crippen molar-refractivity contribution in [1.29, 1.82) is 0 Å². The van der Waals surface area contributed by atoms with Gasteiger partial charge in [0.1, 0.15) is 0 Å². The first-order valence-corrected chi connectivity index (χ1v) is 9.66. The van der Waals surface area contributed by atoms with Crippen molar-refractivity contribution in [2.75, 3.05) is 6.61 Å². The Morgan fingerprint density at radius 3 is 2.78 bits per heavy atom. The Bertz CT molecular complexity index is 806. The maximum absolute atomic E-state index is 13.1. The lowest BCUT2D eigenvalue weighted by atomic mass is 9.69. The molecule has 1 N–H and O–H groups in total. The molecule has 0 spiro atoms. The fourth-order valence-electron chi connectivity index (χ4n) is 3.94. The molecule has 5 nitrogen and oxygen atoms in total. The van der Waals surface area contributed by atoms with Crippen LogP contribution in [0.5, 0.6) is 0 Å². The zero-order valence-electron chi connectivity index (χ0n) is 16.6. The highest BCUT2D eigenvalue weighted by Gasteiger charge is 2.43. The third kappa shape index (κ3) is 3.97. The normalized spacial score (nSPS) is 21.6. The summed E-state index contributed by atoms with van der Waals surface area (Å²) < 4.78 is 5.50. The lowest BCUT2D eigenvalue weighted by Crippen LogP contribution is -2.39. The molecule has 0 fully saturated rings. The van der Waals surface area contributed by atoms with Gasteiger partial charge in [0.25, 0.3) is 0 Å². The lowest BCUT2D eigenvalue weighted by Gasteiger charge is -2.39. The number of carbonyl (C=O) groups is 2. The van der Waals surface area contributed by atoms with E-state index in [-0.39, 0.29) is 17.2 Å². The average Bonchev–Trinajstić information content (AvgIpc) is 2.60. The van der Waals surface area contributed by atoms with Crippen molar-refractivity contribution in [2.24, 2.45) is 5.41 Å². The molecule has 0 bridgehead atoms. The van der Waals surface area contributed by atoms with Gasteiger partial charge >= 0.3 is 5.97 Å². The second-order valence-corrected chi connectivity index (χ2v) is 8.17. The number of allylic oxidation sites excluding steroid dienone is 3. The Hall–Kier alpha value is -2.43. The molecule has 1 aliphatic carbocycles. The van der Waals surface area contributed by atoms with E-state index in [4.69, 9.17) is 4.74 Å². The number of nitrogens with one attached hydrogen (secondary N) is 1. The van der Waals surface area contributed by atoms with Crippen molar-refractivity contribution in [3.8, 4) is 0 Å². The van der Waals surface area contributed by atoms with Crippen molar-refractivity contribution >= 4 is 11.8 Å². The molecule has 0 amide bonds. The molecule has 0 saturated carbocycles. The third-order valence-electron chi connectivity index (χ3n) is 5.17. The number of unbranched alkanes of at least 4 members (excludes halogenated alkanes) is 1. The summed E-state index contributed by atoms with van der Waals surface area (Å²) in [7, 11) is 0. The summed E-state index contributed by atoms with van der Waals surface area (Å²) in [6.45, 7) is 8.51. The number of aromatic nitrogens is 1. The van der Waals surface area contributed by atoms with E-state index in [1.807, 2.05) is 25.1 Å². The van der Waals surface area contributed by atoms with Crippen LogP contribution in [0.25, 0.3) is 0 Å². The van der Waals surface area contributed by atoms with Gasteiger partial charge in [-0.3, -0.25) is 9.78 Å². The highest BCUT2D eigenvalue weighted by molar-refractivity contribution is 6.04. The van der Waals surface area contributed by atoms with E-state index in [0.29, 0.717) is 29.9 Å². The molecule has 2 aliphatic rings. The molecular weight excluding hydrogens is 340 g/mol. The largest absolute Gasteiger partial charge is 0.462 e. The Morgan fingerprint density at radius 2 is 2.11 bits per heavy atom. The fourth-order valence-corrected chi connectivity index (χ4v) is 3.94. The van der Waals surface area contributed by atoms with Gasteiger partial charge in [0.05, 0.1) is 23.8 Å². The number of esters is 1. The minimum Gasteiger partial charge on any atom is -0.462 e. The van der Waals surface area contributed by atoms with Crippen molar-refractivity contribution in [1.82, 2.24) is 10.3 Å². The first-order valence-electron chi connectivity index (χ1n) is 9.66. The second kappa shape index (κ2) is 7.67. The van der Waals surface area contributed by atoms with Crippen LogP contribution in [-0.4, -0.2) is 23.3 Å².